The third-order valence-electron chi connectivity index (χ3n) is 2.53. The normalized spacial score (nSPS) is 22.2. The van der Waals surface area contributed by atoms with E-state index in [-0.39, 0.29) is 6.04 Å². The first-order chi connectivity index (χ1) is 7.05. The largest absolute Gasteiger partial charge is 0.419 e. The predicted molar refractivity (Wildman–Crippen MR) is 48.3 cm³/mol. The van der Waals surface area contributed by atoms with Gasteiger partial charge in [0.05, 0.1) is 18.3 Å². The lowest BCUT2D eigenvalue weighted by Crippen LogP contribution is -2.26. The second-order valence-corrected chi connectivity index (χ2v) is 3.74. The topological polar surface area (TPSA) is 29.9 Å². The number of hydrogen-bond donors (Lipinski definition) is 1. The maximum Gasteiger partial charge on any atom is 0.419 e. The van der Waals surface area contributed by atoms with Crippen LogP contribution in [0.15, 0.2) is 12.4 Å². The molecule has 0 bridgehead atoms. The molecule has 0 radical (unpaired) electrons. The molecule has 0 spiro atoms. The molecule has 1 aliphatic rings. The molecule has 0 amide bonds. The standard InChI is InChI=1S/C9H12F3N3/c10-9(11,12)7-4-14-15(5-7)6-8-2-1-3-13-8/h4-5,8,13H,1-3,6H2/t8-/m0/s1. The van der Waals surface area contributed by atoms with Crippen LogP contribution in [0.3, 0.4) is 0 Å². The van der Waals surface area contributed by atoms with Crippen LogP contribution < -0.4 is 5.32 Å². The van der Waals surface area contributed by atoms with E-state index < -0.39 is 11.7 Å². The molecular weight excluding hydrogens is 207 g/mol. The smallest absolute Gasteiger partial charge is 0.312 e. The minimum atomic E-state index is -4.29. The number of nitrogens with one attached hydrogen (secondary N) is 1. The molecule has 1 aromatic heterocycles. The second-order valence-electron chi connectivity index (χ2n) is 3.74. The highest BCUT2D eigenvalue weighted by Crippen LogP contribution is 2.28. The van der Waals surface area contributed by atoms with Gasteiger partial charge in [-0.1, -0.05) is 0 Å². The van der Waals surface area contributed by atoms with Crippen molar-refractivity contribution in [3.63, 3.8) is 0 Å². The van der Waals surface area contributed by atoms with Gasteiger partial charge in [0.2, 0.25) is 0 Å². The van der Waals surface area contributed by atoms with Crippen molar-refractivity contribution in [1.29, 1.82) is 0 Å². The summed E-state index contributed by atoms with van der Waals surface area (Å²) in [6.45, 7) is 1.45. The molecule has 2 rings (SSSR count). The first-order valence-electron chi connectivity index (χ1n) is 4.89. The van der Waals surface area contributed by atoms with Gasteiger partial charge < -0.3 is 5.32 Å². The summed E-state index contributed by atoms with van der Waals surface area (Å²) in [4.78, 5) is 0. The Kier molecular flexibility index (Phi) is 2.68. The minimum absolute atomic E-state index is 0.256. The van der Waals surface area contributed by atoms with E-state index in [1.165, 1.54) is 4.68 Å². The van der Waals surface area contributed by atoms with Crippen LogP contribution in [0, 0.1) is 0 Å². The van der Waals surface area contributed by atoms with E-state index >= 15 is 0 Å². The minimum Gasteiger partial charge on any atom is -0.312 e. The van der Waals surface area contributed by atoms with Gasteiger partial charge in [0.1, 0.15) is 0 Å². The van der Waals surface area contributed by atoms with Gasteiger partial charge >= 0.3 is 6.18 Å². The summed E-state index contributed by atoms with van der Waals surface area (Å²) in [5, 5.41) is 6.91. The van der Waals surface area contributed by atoms with Gasteiger partial charge in [0.25, 0.3) is 0 Å². The van der Waals surface area contributed by atoms with Gasteiger partial charge in [0, 0.05) is 12.2 Å². The molecule has 6 heteroatoms. The lowest BCUT2D eigenvalue weighted by Gasteiger charge is -2.09. The van der Waals surface area contributed by atoms with Gasteiger partial charge in [-0.15, -0.1) is 0 Å². The zero-order valence-electron chi connectivity index (χ0n) is 8.09. The summed E-state index contributed by atoms with van der Waals surface area (Å²) in [6, 6.07) is 0.256. The number of halogens is 3. The van der Waals surface area contributed by atoms with Gasteiger partial charge in [0.15, 0.2) is 0 Å². The molecule has 1 aromatic rings. The molecular formula is C9H12F3N3. The summed E-state index contributed by atoms with van der Waals surface area (Å²) in [7, 11) is 0. The Bertz CT molecular complexity index is 326. The molecule has 0 aliphatic carbocycles. The van der Waals surface area contributed by atoms with E-state index in [2.05, 4.69) is 10.4 Å². The Morgan fingerprint density at radius 1 is 1.53 bits per heavy atom. The van der Waals surface area contributed by atoms with Crippen LogP contribution in [0.25, 0.3) is 0 Å². The Labute approximate surface area is 85.3 Å². The number of alkyl halides is 3. The first-order valence-corrected chi connectivity index (χ1v) is 4.89. The summed E-state index contributed by atoms with van der Waals surface area (Å²) in [5.74, 6) is 0. The average Bonchev–Trinajstić information content (AvgIpc) is 2.73. The van der Waals surface area contributed by atoms with Crippen molar-refractivity contribution >= 4 is 0 Å². The number of aromatic nitrogens is 2. The molecule has 3 nitrogen and oxygen atoms in total. The summed E-state index contributed by atoms with van der Waals surface area (Å²) < 4.78 is 38.1. The molecule has 1 N–H and O–H groups in total. The third-order valence-corrected chi connectivity index (χ3v) is 2.53. The number of hydrogen-bond acceptors (Lipinski definition) is 2. The number of rotatable bonds is 2. The lowest BCUT2D eigenvalue weighted by atomic mass is 10.2. The van der Waals surface area contributed by atoms with E-state index in [1.807, 2.05) is 0 Å². The second kappa shape index (κ2) is 3.84. The zero-order valence-corrected chi connectivity index (χ0v) is 8.09. The van der Waals surface area contributed by atoms with Crippen molar-refractivity contribution in [3.8, 4) is 0 Å². The van der Waals surface area contributed by atoms with Crippen LogP contribution in [0.5, 0.6) is 0 Å². The van der Waals surface area contributed by atoms with Gasteiger partial charge in [-0.25, -0.2) is 0 Å². The Morgan fingerprint density at radius 2 is 2.33 bits per heavy atom. The molecule has 1 atom stereocenters. The third kappa shape index (κ3) is 2.50. The highest BCUT2D eigenvalue weighted by molar-refractivity contribution is 5.08. The van der Waals surface area contributed by atoms with Crippen molar-refractivity contribution in [3.05, 3.63) is 18.0 Å². The van der Waals surface area contributed by atoms with Crippen molar-refractivity contribution in [2.45, 2.75) is 31.6 Å². The molecule has 84 valence electrons. The molecule has 0 saturated carbocycles. The molecule has 15 heavy (non-hydrogen) atoms. The van der Waals surface area contributed by atoms with E-state index in [1.54, 1.807) is 0 Å². The van der Waals surface area contributed by atoms with Crippen molar-refractivity contribution in [1.82, 2.24) is 15.1 Å². The van der Waals surface area contributed by atoms with Gasteiger partial charge in [-0.3, -0.25) is 4.68 Å². The average molecular weight is 219 g/mol. The van der Waals surface area contributed by atoms with Crippen LogP contribution >= 0.6 is 0 Å². The van der Waals surface area contributed by atoms with Crippen LogP contribution in [0.1, 0.15) is 18.4 Å². The van der Waals surface area contributed by atoms with E-state index in [9.17, 15) is 13.2 Å². The fraction of sp³-hybridized carbons (Fsp3) is 0.667. The highest BCUT2D eigenvalue weighted by Gasteiger charge is 2.32. The van der Waals surface area contributed by atoms with E-state index in [4.69, 9.17) is 0 Å². The first kappa shape index (κ1) is 10.5. The maximum absolute atomic E-state index is 12.2. The quantitative estimate of drug-likeness (QED) is 0.819. The Balaban J connectivity index is 2.00. The van der Waals surface area contributed by atoms with E-state index in [0.717, 1.165) is 31.8 Å². The Hall–Kier alpha value is -1.04. The number of nitrogens with zero attached hydrogens (tertiary/aromatic N) is 2. The summed E-state index contributed by atoms with van der Waals surface area (Å²) >= 11 is 0. The maximum atomic E-state index is 12.2. The summed E-state index contributed by atoms with van der Waals surface area (Å²) in [5.41, 5.74) is -0.680. The fourth-order valence-corrected chi connectivity index (χ4v) is 1.75. The monoisotopic (exact) mass is 219 g/mol. The fourth-order valence-electron chi connectivity index (χ4n) is 1.75. The molecule has 1 saturated heterocycles. The Morgan fingerprint density at radius 3 is 2.87 bits per heavy atom. The molecule has 1 fully saturated rings. The summed E-state index contributed by atoms with van der Waals surface area (Å²) in [6.07, 6.45) is -0.282. The SMILES string of the molecule is FC(F)(F)c1cnn(C[C@@H]2CCCN2)c1. The lowest BCUT2D eigenvalue weighted by molar-refractivity contribution is -0.137. The van der Waals surface area contributed by atoms with Gasteiger partial charge in [-0.05, 0) is 19.4 Å². The van der Waals surface area contributed by atoms with Crippen LogP contribution in [-0.4, -0.2) is 22.4 Å². The van der Waals surface area contributed by atoms with Crippen molar-refractivity contribution in [2.24, 2.45) is 0 Å². The molecule has 2 heterocycles. The molecule has 1 aliphatic heterocycles. The van der Waals surface area contributed by atoms with E-state index in [0.29, 0.717) is 6.54 Å². The van der Waals surface area contributed by atoms with Crippen molar-refractivity contribution < 1.29 is 13.2 Å². The highest BCUT2D eigenvalue weighted by atomic mass is 19.4. The van der Waals surface area contributed by atoms with Gasteiger partial charge in [-0.2, -0.15) is 18.3 Å². The molecule has 0 unspecified atom stereocenters. The van der Waals surface area contributed by atoms with Crippen LogP contribution in [0.2, 0.25) is 0 Å². The van der Waals surface area contributed by atoms with Crippen molar-refractivity contribution in [2.75, 3.05) is 6.54 Å². The zero-order chi connectivity index (χ0) is 10.9. The van der Waals surface area contributed by atoms with Crippen LogP contribution in [-0.2, 0) is 12.7 Å². The predicted octanol–water partition coefficient (Wildman–Crippen LogP) is 1.65. The van der Waals surface area contributed by atoms with Crippen LogP contribution in [0.4, 0.5) is 13.2 Å². The molecule has 0 aromatic carbocycles.